The Morgan fingerprint density at radius 3 is 2.68 bits per heavy atom. The lowest BCUT2D eigenvalue weighted by molar-refractivity contribution is 1.12. The summed E-state index contributed by atoms with van der Waals surface area (Å²) in [5, 5.41) is 3.17. The van der Waals surface area contributed by atoms with E-state index in [1.54, 1.807) is 12.3 Å². The molecule has 0 saturated carbocycles. The molecule has 6 heteroatoms. The molecular formula is C13H15N5S. The van der Waals surface area contributed by atoms with Gasteiger partial charge in [-0.1, -0.05) is 24.4 Å². The standard InChI is InChI=1S/C13H15N5S/c1-18(2)11-6-4-3-5-9(11)16-13-15-8-7-10(17-13)12(14)19/h3-8H,1-2H3,(H2,14,19)(H,15,16,17). The number of benzene rings is 1. The fourth-order valence-corrected chi connectivity index (χ4v) is 1.76. The van der Waals surface area contributed by atoms with E-state index in [2.05, 4.69) is 15.3 Å². The topological polar surface area (TPSA) is 67.1 Å². The van der Waals surface area contributed by atoms with Gasteiger partial charge in [-0.15, -0.1) is 0 Å². The first-order chi connectivity index (χ1) is 9.08. The van der Waals surface area contributed by atoms with Crippen molar-refractivity contribution in [2.24, 2.45) is 5.73 Å². The first-order valence-corrected chi connectivity index (χ1v) is 6.15. The van der Waals surface area contributed by atoms with Gasteiger partial charge < -0.3 is 16.0 Å². The molecule has 1 heterocycles. The number of nitrogens with zero attached hydrogens (tertiary/aromatic N) is 3. The van der Waals surface area contributed by atoms with Crippen molar-refractivity contribution in [1.29, 1.82) is 0 Å². The summed E-state index contributed by atoms with van der Waals surface area (Å²) in [6.07, 6.45) is 1.63. The van der Waals surface area contributed by atoms with Crippen molar-refractivity contribution >= 4 is 34.5 Å². The summed E-state index contributed by atoms with van der Waals surface area (Å²) in [6, 6.07) is 9.59. The van der Waals surface area contributed by atoms with Crippen LogP contribution in [0.5, 0.6) is 0 Å². The third-order valence-electron chi connectivity index (χ3n) is 2.54. The van der Waals surface area contributed by atoms with Crippen molar-refractivity contribution in [3.63, 3.8) is 0 Å². The highest BCUT2D eigenvalue weighted by Gasteiger charge is 2.06. The van der Waals surface area contributed by atoms with E-state index < -0.39 is 0 Å². The number of nitrogens with two attached hydrogens (primary N) is 1. The number of rotatable bonds is 4. The van der Waals surface area contributed by atoms with Gasteiger partial charge in [-0.25, -0.2) is 9.97 Å². The maximum absolute atomic E-state index is 5.56. The second kappa shape index (κ2) is 5.62. The summed E-state index contributed by atoms with van der Waals surface area (Å²) in [5.74, 6) is 0.472. The summed E-state index contributed by atoms with van der Waals surface area (Å²) in [4.78, 5) is 10.7. The van der Waals surface area contributed by atoms with Gasteiger partial charge in [0.05, 0.1) is 11.4 Å². The van der Waals surface area contributed by atoms with Crippen LogP contribution in [-0.2, 0) is 0 Å². The third-order valence-corrected chi connectivity index (χ3v) is 2.75. The van der Waals surface area contributed by atoms with Crippen molar-refractivity contribution < 1.29 is 0 Å². The largest absolute Gasteiger partial charge is 0.388 e. The molecule has 2 rings (SSSR count). The van der Waals surface area contributed by atoms with Gasteiger partial charge in [-0.3, -0.25) is 0 Å². The van der Waals surface area contributed by atoms with Gasteiger partial charge >= 0.3 is 0 Å². The van der Waals surface area contributed by atoms with E-state index in [4.69, 9.17) is 18.0 Å². The summed E-state index contributed by atoms with van der Waals surface area (Å²) < 4.78 is 0. The number of nitrogens with one attached hydrogen (secondary N) is 1. The molecule has 98 valence electrons. The average Bonchev–Trinajstić information content (AvgIpc) is 2.39. The Labute approximate surface area is 117 Å². The highest BCUT2D eigenvalue weighted by Crippen LogP contribution is 2.25. The molecule has 5 nitrogen and oxygen atoms in total. The average molecular weight is 273 g/mol. The maximum Gasteiger partial charge on any atom is 0.227 e. The maximum atomic E-state index is 5.56. The number of para-hydroxylation sites is 2. The highest BCUT2D eigenvalue weighted by molar-refractivity contribution is 7.80. The van der Waals surface area contributed by atoms with Gasteiger partial charge in [0.2, 0.25) is 5.95 Å². The molecule has 0 amide bonds. The molecule has 0 spiro atoms. The molecule has 0 radical (unpaired) electrons. The molecule has 3 N–H and O–H groups in total. The van der Waals surface area contributed by atoms with Crippen LogP contribution in [0.15, 0.2) is 36.5 Å². The van der Waals surface area contributed by atoms with Gasteiger partial charge in [-0.05, 0) is 18.2 Å². The van der Waals surface area contributed by atoms with E-state index in [1.165, 1.54) is 0 Å². The van der Waals surface area contributed by atoms with Crippen LogP contribution in [0.4, 0.5) is 17.3 Å². The number of thiocarbonyl (C=S) groups is 1. The fourth-order valence-electron chi connectivity index (χ4n) is 1.65. The minimum atomic E-state index is 0.256. The Morgan fingerprint density at radius 2 is 2.00 bits per heavy atom. The molecule has 0 aliphatic carbocycles. The molecule has 0 aliphatic heterocycles. The Morgan fingerprint density at radius 1 is 1.26 bits per heavy atom. The van der Waals surface area contributed by atoms with E-state index in [1.807, 2.05) is 43.3 Å². The summed E-state index contributed by atoms with van der Waals surface area (Å²) in [5.41, 5.74) is 8.08. The predicted molar refractivity (Wildman–Crippen MR) is 82.0 cm³/mol. The lowest BCUT2D eigenvalue weighted by Crippen LogP contribution is -2.14. The Bertz CT molecular complexity index is 597. The van der Waals surface area contributed by atoms with Crippen LogP contribution in [0.25, 0.3) is 0 Å². The second-order valence-corrected chi connectivity index (χ2v) is 4.61. The zero-order valence-corrected chi connectivity index (χ0v) is 11.6. The third kappa shape index (κ3) is 3.17. The number of hydrogen-bond acceptors (Lipinski definition) is 5. The van der Waals surface area contributed by atoms with Crippen LogP contribution in [-0.4, -0.2) is 29.1 Å². The van der Waals surface area contributed by atoms with E-state index >= 15 is 0 Å². The SMILES string of the molecule is CN(C)c1ccccc1Nc1nccc(C(N)=S)n1. The van der Waals surface area contributed by atoms with Gasteiger partial charge in [0.15, 0.2) is 0 Å². The predicted octanol–water partition coefficient (Wildman–Crippen LogP) is 1.92. The van der Waals surface area contributed by atoms with Gasteiger partial charge in [-0.2, -0.15) is 0 Å². The lowest BCUT2D eigenvalue weighted by atomic mass is 10.2. The van der Waals surface area contributed by atoms with Gasteiger partial charge in [0, 0.05) is 20.3 Å². The minimum absolute atomic E-state index is 0.256. The van der Waals surface area contributed by atoms with E-state index in [0.717, 1.165) is 11.4 Å². The molecule has 2 aromatic rings. The molecule has 19 heavy (non-hydrogen) atoms. The highest BCUT2D eigenvalue weighted by atomic mass is 32.1. The van der Waals surface area contributed by atoms with Crippen LogP contribution in [0.1, 0.15) is 5.69 Å². The zero-order valence-electron chi connectivity index (χ0n) is 10.8. The number of aromatic nitrogens is 2. The normalized spacial score (nSPS) is 10.0. The molecule has 0 fully saturated rings. The van der Waals surface area contributed by atoms with Gasteiger partial charge in [0.1, 0.15) is 10.7 Å². The van der Waals surface area contributed by atoms with Crippen LogP contribution in [0.3, 0.4) is 0 Å². The Kier molecular flexibility index (Phi) is 3.91. The van der Waals surface area contributed by atoms with Crippen molar-refractivity contribution in [2.75, 3.05) is 24.3 Å². The monoisotopic (exact) mass is 273 g/mol. The van der Waals surface area contributed by atoms with Crippen LogP contribution >= 0.6 is 12.2 Å². The quantitative estimate of drug-likeness (QED) is 0.830. The summed E-state index contributed by atoms with van der Waals surface area (Å²) in [7, 11) is 3.96. The van der Waals surface area contributed by atoms with Crippen LogP contribution in [0.2, 0.25) is 0 Å². The Balaban J connectivity index is 2.31. The van der Waals surface area contributed by atoms with Crippen molar-refractivity contribution in [3.8, 4) is 0 Å². The van der Waals surface area contributed by atoms with E-state index in [-0.39, 0.29) is 4.99 Å². The fraction of sp³-hybridized carbons (Fsp3) is 0.154. The molecule has 1 aromatic carbocycles. The van der Waals surface area contributed by atoms with Crippen molar-refractivity contribution in [1.82, 2.24) is 9.97 Å². The molecule has 0 bridgehead atoms. The van der Waals surface area contributed by atoms with E-state index in [9.17, 15) is 0 Å². The summed E-state index contributed by atoms with van der Waals surface area (Å²) >= 11 is 4.91. The summed E-state index contributed by atoms with van der Waals surface area (Å²) in [6.45, 7) is 0. The number of hydrogen-bond donors (Lipinski definition) is 2. The number of anilines is 3. The van der Waals surface area contributed by atoms with Crippen LogP contribution < -0.4 is 16.0 Å². The molecular weight excluding hydrogens is 258 g/mol. The van der Waals surface area contributed by atoms with Crippen LogP contribution in [0, 0.1) is 0 Å². The zero-order chi connectivity index (χ0) is 13.8. The minimum Gasteiger partial charge on any atom is -0.388 e. The van der Waals surface area contributed by atoms with Crippen molar-refractivity contribution in [3.05, 3.63) is 42.2 Å². The molecule has 0 unspecified atom stereocenters. The molecule has 0 saturated heterocycles. The molecule has 1 aromatic heterocycles. The first-order valence-electron chi connectivity index (χ1n) is 5.74. The smallest absolute Gasteiger partial charge is 0.227 e. The first kappa shape index (κ1) is 13.2. The lowest BCUT2D eigenvalue weighted by Gasteiger charge is -2.17. The van der Waals surface area contributed by atoms with Crippen molar-refractivity contribution in [2.45, 2.75) is 0 Å². The Hall–Kier alpha value is -2.21. The van der Waals surface area contributed by atoms with Gasteiger partial charge in [0.25, 0.3) is 0 Å². The molecule has 0 atom stereocenters. The van der Waals surface area contributed by atoms with E-state index in [0.29, 0.717) is 11.6 Å². The second-order valence-electron chi connectivity index (χ2n) is 4.17. The molecule has 0 aliphatic rings.